The topological polar surface area (TPSA) is 58.9 Å². The Balaban J connectivity index is 2.32. The van der Waals surface area contributed by atoms with Crippen molar-refractivity contribution in [3.63, 3.8) is 0 Å². The number of hydrogen-bond donors (Lipinski definition) is 3. The van der Waals surface area contributed by atoms with E-state index >= 15 is 0 Å². The van der Waals surface area contributed by atoms with E-state index in [9.17, 15) is 10.2 Å². The summed E-state index contributed by atoms with van der Waals surface area (Å²) in [6.45, 7) is 0.149. The molecule has 0 radical (unpaired) electrons. The van der Waals surface area contributed by atoms with Crippen molar-refractivity contribution in [2.45, 2.75) is 12.2 Å². The van der Waals surface area contributed by atoms with Crippen molar-refractivity contribution in [3.05, 3.63) is 23.8 Å². The Morgan fingerprint density at radius 3 is 2.87 bits per heavy atom. The van der Waals surface area contributed by atoms with Crippen LogP contribution < -0.4 is 9.47 Å². The second-order valence-corrected chi connectivity index (χ2v) is 3.64. The average molecular weight is 228 g/mol. The molecule has 0 saturated carbocycles. The van der Waals surface area contributed by atoms with Gasteiger partial charge in [0.05, 0.1) is 6.10 Å². The second-order valence-electron chi connectivity index (χ2n) is 3.28. The Morgan fingerprint density at radius 1 is 1.33 bits per heavy atom. The molecule has 0 bridgehead atoms. The van der Waals surface area contributed by atoms with Crippen LogP contribution in [-0.2, 0) is 0 Å². The molecule has 1 heterocycles. The van der Waals surface area contributed by atoms with Crippen molar-refractivity contribution < 1.29 is 19.7 Å². The van der Waals surface area contributed by atoms with Gasteiger partial charge in [0.1, 0.15) is 6.10 Å². The molecule has 2 rings (SSSR count). The summed E-state index contributed by atoms with van der Waals surface area (Å²) >= 11 is 3.93. The van der Waals surface area contributed by atoms with E-state index in [2.05, 4.69) is 12.6 Å². The highest BCUT2D eigenvalue weighted by Crippen LogP contribution is 2.39. The van der Waals surface area contributed by atoms with Crippen LogP contribution in [0.2, 0.25) is 0 Å². The maximum atomic E-state index is 9.82. The van der Waals surface area contributed by atoms with Gasteiger partial charge in [-0.2, -0.15) is 12.6 Å². The second kappa shape index (κ2) is 4.30. The van der Waals surface area contributed by atoms with E-state index in [-0.39, 0.29) is 12.5 Å². The maximum absolute atomic E-state index is 9.82. The van der Waals surface area contributed by atoms with Crippen LogP contribution in [0.3, 0.4) is 0 Å². The van der Waals surface area contributed by atoms with Gasteiger partial charge in [0.2, 0.25) is 6.79 Å². The van der Waals surface area contributed by atoms with Gasteiger partial charge in [-0.15, -0.1) is 0 Å². The predicted molar refractivity (Wildman–Crippen MR) is 57.4 cm³/mol. The van der Waals surface area contributed by atoms with E-state index in [0.717, 1.165) is 0 Å². The summed E-state index contributed by atoms with van der Waals surface area (Å²) in [6, 6.07) is 5.20. The van der Waals surface area contributed by atoms with Crippen LogP contribution in [0.4, 0.5) is 0 Å². The Bertz CT molecular complexity index is 355. The summed E-state index contributed by atoms with van der Waals surface area (Å²) in [5, 5.41) is 19.3. The van der Waals surface area contributed by atoms with Crippen molar-refractivity contribution in [2.24, 2.45) is 0 Å². The molecule has 1 aliphatic rings. The van der Waals surface area contributed by atoms with Crippen molar-refractivity contribution in [1.29, 1.82) is 0 Å². The first-order valence-corrected chi connectivity index (χ1v) is 5.22. The van der Waals surface area contributed by atoms with E-state index < -0.39 is 12.2 Å². The van der Waals surface area contributed by atoms with Gasteiger partial charge in [0, 0.05) is 11.3 Å². The van der Waals surface area contributed by atoms with Crippen LogP contribution in [-0.4, -0.2) is 28.9 Å². The van der Waals surface area contributed by atoms with Gasteiger partial charge < -0.3 is 19.7 Å². The Labute approximate surface area is 92.9 Å². The largest absolute Gasteiger partial charge is 0.454 e. The lowest BCUT2D eigenvalue weighted by molar-refractivity contribution is 0.0319. The van der Waals surface area contributed by atoms with E-state index in [0.29, 0.717) is 17.1 Å². The molecule has 0 aliphatic carbocycles. The van der Waals surface area contributed by atoms with Crippen molar-refractivity contribution >= 4 is 12.6 Å². The predicted octanol–water partition coefficient (Wildman–Crippen LogP) is 0.739. The number of ether oxygens (including phenoxy) is 2. The number of rotatable bonds is 3. The van der Waals surface area contributed by atoms with Gasteiger partial charge in [-0.1, -0.05) is 12.1 Å². The fourth-order valence-corrected chi connectivity index (χ4v) is 1.69. The van der Waals surface area contributed by atoms with Gasteiger partial charge in [-0.05, 0) is 6.07 Å². The zero-order valence-corrected chi connectivity index (χ0v) is 8.85. The zero-order chi connectivity index (χ0) is 10.8. The van der Waals surface area contributed by atoms with Crippen LogP contribution in [0, 0.1) is 0 Å². The lowest BCUT2D eigenvalue weighted by atomic mass is 10.0. The molecule has 1 aromatic carbocycles. The number of aliphatic hydroxyl groups excluding tert-OH is 2. The number of benzene rings is 1. The summed E-state index contributed by atoms with van der Waals surface area (Å²) in [6.07, 6.45) is -1.91. The monoisotopic (exact) mass is 228 g/mol. The van der Waals surface area contributed by atoms with Crippen LogP contribution in [0.5, 0.6) is 11.5 Å². The van der Waals surface area contributed by atoms with Crippen molar-refractivity contribution in [1.82, 2.24) is 0 Å². The van der Waals surface area contributed by atoms with Crippen LogP contribution in [0.1, 0.15) is 11.7 Å². The molecular formula is C10H12O4S. The molecule has 0 saturated heterocycles. The molecule has 2 N–H and O–H groups in total. The fourth-order valence-electron chi connectivity index (χ4n) is 1.49. The molecule has 0 spiro atoms. The minimum absolute atomic E-state index is 0.149. The lowest BCUT2D eigenvalue weighted by Gasteiger charge is -2.17. The molecule has 4 nitrogen and oxygen atoms in total. The number of thiol groups is 1. The first-order valence-electron chi connectivity index (χ1n) is 4.59. The van der Waals surface area contributed by atoms with Crippen molar-refractivity contribution in [2.75, 3.05) is 12.5 Å². The van der Waals surface area contributed by atoms with E-state index in [1.165, 1.54) is 0 Å². The smallest absolute Gasteiger partial charge is 0.231 e. The van der Waals surface area contributed by atoms with Crippen LogP contribution in [0.15, 0.2) is 18.2 Å². The standard InChI is InChI=1S/C10H12O4S/c11-7(4-15)9(12)6-2-1-3-8-10(6)14-5-13-8/h1-3,7,9,11-12,15H,4-5H2. The van der Waals surface area contributed by atoms with E-state index in [1.54, 1.807) is 18.2 Å². The molecule has 82 valence electrons. The van der Waals surface area contributed by atoms with Gasteiger partial charge in [0.25, 0.3) is 0 Å². The zero-order valence-electron chi connectivity index (χ0n) is 7.96. The molecule has 2 unspecified atom stereocenters. The first kappa shape index (κ1) is 10.6. The number of hydrogen-bond acceptors (Lipinski definition) is 5. The lowest BCUT2D eigenvalue weighted by Crippen LogP contribution is -2.20. The first-order chi connectivity index (χ1) is 7.24. The molecule has 2 atom stereocenters. The molecule has 1 aromatic rings. The third-order valence-corrected chi connectivity index (χ3v) is 2.67. The summed E-state index contributed by atoms with van der Waals surface area (Å²) < 4.78 is 10.4. The minimum Gasteiger partial charge on any atom is -0.454 e. The van der Waals surface area contributed by atoms with Gasteiger partial charge in [0.15, 0.2) is 11.5 Å². The number of para-hydroxylation sites is 1. The minimum atomic E-state index is -1.00. The van der Waals surface area contributed by atoms with Crippen LogP contribution in [0.25, 0.3) is 0 Å². The molecule has 0 aromatic heterocycles. The van der Waals surface area contributed by atoms with E-state index in [1.807, 2.05) is 0 Å². The average Bonchev–Trinajstić information content (AvgIpc) is 2.74. The van der Waals surface area contributed by atoms with Gasteiger partial charge >= 0.3 is 0 Å². The van der Waals surface area contributed by atoms with E-state index in [4.69, 9.17) is 9.47 Å². The molecule has 1 aliphatic heterocycles. The highest BCUT2D eigenvalue weighted by molar-refractivity contribution is 7.80. The van der Waals surface area contributed by atoms with Crippen LogP contribution >= 0.6 is 12.6 Å². The molecule has 0 fully saturated rings. The van der Waals surface area contributed by atoms with Gasteiger partial charge in [-0.3, -0.25) is 0 Å². The number of aliphatic hydroxyl groups is 2. The third-order valence-electron chi connectivity index (χ3n) is 2.30. The molecular weight excluding hydrogens is 216 g/mol. The Hall–Kier alpha value is -0.910. The highest BCUT2D eigenvalue weighted by atomic mass is 32.1. The highest BCUT2D eigenvalue weighted by Gasteiger charge is 2.25. The SMILES string of the molecule is OC(CS)C(O)c1cccc2c1OCO2. The fraction of sp³-hybridized carbons (Fsp3) is 0.400. The Kier molecular flexibility index (Phi) is 3.04. The van der Waals surface area contributed by atoms with Gasteiger partial charge in [-0.25, -0.2) is 0 Å². The molecule has 0 amide bonds. The maximum Gasteiger partial charge on any atom is 0.231 e. The number of fused-ring (bicyclic) bond motifs is 1. The quantitative estimate of drug-likeness (QED) is 0.668. The summed E-state index contributed by atoms with van der Waals surface area (Å²) in [5.41, 5.74) is 0.534. The van der Waals surface area contributed by atoms with Crippen molar-refractivity contribution in [3.8, 4) is 11.5 Å². The Morgan fingerprint density at radius 2 is 2.13 bits per heavy atom. The summed E-state index contributed by atoms with van der Waals surface area (Å²) in [5.74, 6) is 1.29. The summed E-state index contributed by atoms with van der Waals surface area (Å²) in [4.78, 5) is 0. The molecule has 15 heavy (non-hydrogen) atoms. The summed E-state index contributed by atoms with van der Waals surface area (Å²) in [7, 11) is 0. The normalized spacial score (nSPS) is 17.5. The third kappa shape index (κ3) is 1.90. The molecule has 5 heteroatoms.